The number of carboxylic acid groups (broad SMARTS) is 1. The predicted octanol–water partition coefficient (Wildman–Crippen LogP) is 0.483. The Morgan fingerprint density at radius 1 is 1.25 bits per heavy atom. The van der Waals surface area contributed by atoms with Crippen molar-refractivity contribution < 1.29 is 36.2 Å². The third-order valence-corrected chi connectivity index (χ3v) is 3.51. The largest absolute Gasteiger partial charge is 0.480 e. The molecule has 0 aliphatic heterocycles. The number of carboxylic acids is 1. The normalized spacial score (nSPS) is 11.6. The van der Waals surface area contributed by atoms with Crippen molar-refractivity contribution in [2.24, 2.45) is 0 Å². The Hall–Kier alpha value is -1.65. The molecule has 0 fully saturated rings. The fourth-order valence-corrected chi connectivity index (χ4v) is 2.39. The van der Waals surface area contributed by atoms with Crippen molar-refractivity contribution in [1.29, 1.82) is 0 Å². The van der Waals surface area contributed by atoms with E-state index in [4.69, 9.17) is 5.11 Å². The van der Waals surface area contributed by atoms with Crippen molar-refractivity contribution in [3.63, 3.8) is 0 Å². The smallest absolute Gasteiger partial charge is 0.329 e. The molecule has 2 N–H and O–H groups in total. The first-order valence-electron chi connectivity index (χ1n) is 5.18. The third-order valence-electron chi connectivity index (χ3n) is 2.00. The van der Waals surface area contributed by atoms with Gasteiger partial charge in [-0.1, -0.05) is 0 Å². The van der Waals surface area contributed by atoms with Gasteiger partial charge in [0.15, 0.2) is 4.90 Å². The van der Waals surface area contributed by atoms with Gasteiger partial charge in [0.05, 0.1) is 6.61 Å². The monoisotopic (exact) mass is 313 g/mol. The van der Waals surface area contributed by atoms with E-state index >= 15 is 0 Å². The number of aliphatic carboxylic acids is 1. The van der Waals surface area contributed by atoms with Crippen molar-refractivity contribution in [2.45, 2.75) is 4.90 Å². The Labute approximate surface area is 112 Å². The average Bonchev–Trinajstić information content (AvgIpc) is 2.25. The lowest BCUT2D eigenvalue weighted by molar-refractivity contribution is -0.142. The summed E-state index contributed by atoms with van der Waals surface area (Å²) in [5, 5.41) is 8.25. The number of ether oxygens (including phenoxy) is 1. The summed E-state index contributed by atoms with van der Waals surface area (Å²) in [6, 6.07) is 0.469. The lowest BCUT2D eigenvalue weighted by Crippen LogP contribution is -2.29. The van der Waals surface area contributed by atoms with Crippen LogP contribution < -0.4 is 4.72 Å². The molecular formula is C10H10F3NO5S. The van der Waals surface area contributed by atoms with Gasteiger partial charge in [-0.05, 0) is 0 Å². The van der Waals surface area contributed by atoms with Gasteiger partial charge < -0.3 is 9.84 Å². The minimum Gasteiger partial charge on any atom is -0.480 e. The maximum atomic E-state index is 13.3. The Kier molecular flexibility index (Phi) is 5.48. The molecule has 0 radical (unpaired) electrons. The molecule has 1 aromatic carbocycles. The molecule has 0 aliphatic carbocycles. The van der Waals surface area contributed by atoms with Gasteiger partial charge in [-0.3, -0.25) is 0 Å². The van der Waals surface area contributed by atoms with E-state index in [1.807, 2.05) is 0 Å². The molecule has 1 aromatic rings. The molecule has 0 unspecified atom stereocenters. The van der Waals surface area contributed by atoms with Crippen LogP contribution in [-0.4, -0.2) is 39.3 Å². The summed E-state index contributed by atoms with van der Waals surface area (Å²) in [6.45, 7) is -1.34. The molecule has 10 heteroatoms. The van der Waals surface area contributed by atoms with E-state index in [1.165, 1.54) is 0 Å². The first-order valence-corrected chi connectivity index (χ1v) is 6.66. The zero-order valence-corrected chi connectivity index (χ0v) is 10.7. The van der Waals surface area contributed by atoms with Gasteiger partial charge in [0.1, 0.15) is 24.1 Å². The zero-order valence-electron chi connectivity index (χ0n) is 9.90. The second-order valence-electron chi connectivity index (χ2n) is 3.54. The fourth-order valence-electron chi connectivity index (χ4n) is 1.27. The maximum absolute atomic E-state index is 13.3. The van der Waals surface area contributed by atoms with E-state index in [0.29, 0.717) is 0 Å². The van der Waals surface area contributed by atoms with Crippen LogP contribution in [0.2, 0.25) is 0 Å². The van der Waals surface area contributed by atoms with Crippen molar-refractivity contribution in [3.05, 3.63) is 29.6 Å². The first-order chi connectivity index (χ1) is 9.24. The molecule has 0 saturated heterocycles. The van der Waals surface area contributed by atoms with Crippen molar-refractivity contribution in [2.75, 3.05) is 19.8 Å². The van der Waals surface area contributed by atoms with Crippen LogP contribution in [-0.2, 0) is 19.6 Å². The van der Waals surface area contributed by atoms with Gasteiger partial charge in [-0.25, -0.2) is 31.1 Å². The van der Waals surface area contributed by atoms with Crippen molar-refractivity contribution in [1.82, 2.24) is 4.72 Å². The lowest BCUT2D eigenvalue weighted by Gasteiger charge is -2.08. The number of hydrogen-bond donors (Lipinski definition) is 2. The van der Waals surface area contributed by atoms with Gasteiger partial charge in [-0.15, -0.1) is 0 Å². The average molecular weight is 313 g/mol. The molecule has 0 amide bonds. The predicted molar refractivity (Wildman–Crippen MR) is 60.0 cm³/mol. The SMILES string of the molecule is O=C(O)COCCNS(=O)(=O)c1c(F)cc(F)cc1F. The molecule has 6 nitrogen and oxygen atoms in total. The van der Waals surface area contributed by atoms with E-state index in [2.05, 4.69) is 4.74 Å². The van der Waals surface area contributed by atoms with Crippen LogP contribution in [0.25, 0.3) is 0 Å². The summed E-state index contributed by atoms with van der Waals surface area (Å²) in [5.74, 6) is -5.63. The Bertz CT molecular complexity index is 582. The molecule has 0 atom stereocenters. The number of rotatable bonds is 7. The molecule has 1 rings (SSSR count). The molecule has 0 aromatic heterocycles. The van der Waals surface area contributed by atoms with Gasteiger partial charge in [0.2, 0.25) is 10.0 Å². The minimum atomic E-state index is -4.53. The number of hydrogen-bond acceptors (Lipinski definition) is 4. The summed E-state index contributed by atoms with van der Waals surface area (Å²) >= 11 is 0. The molecular weight excluding hydrogens is 303 g/mol. The second kappa shape index (κ2) is 6.68. The molecule has 112 valence electrons. The van der Waals surface area contributed by atoms with Crippen LogP contribution in [0.5, 0.6) is 0 Å². The fraction of sp³-hybridized carbons (Fsp3) is 0.300. The van der Waals surface area contributed by atoms with E-state index in [-0.39, 0.29) is 18.7 Å². The molecule has 0 saturated carbocycles. The number of sulfonamides is 1. The highest BCUT2D eigenvalue weighted by Gasteiger charge is 2.24. The molecule has 0 aliphatic rings. The standard InChI is InChI=1S/C10H10F3NO5S/c11-6-3-7(12)10(8(13)4-6)20(17,18)14-1-2-19-5-9(15)16/h3-4,14H,1-2,5H2,(H,15,16). The van der Waals surface area contributed by atoms with Crippen LogP contribution in [0.3, 0.4) is 0 Å². The van der Waals surface area contributed by atoms with Crippen LogP contribution in [0.15, 0.2) is 17.0 Å². The molecule has 0 heterocycles. The summed E-state index contributed by atoms with van der Waals surface area (Å²) in [4.78, 5) is 8.80. The zero-order chi connectivity index (χ0) is 15.3. The van der Waals surface area contributed by atoms with Gasteiger partial charge in [-0.2, -0.15) is 0 Å². The molecule has 0 spiro atoms. The van der Waals surface area contributed by atoms with Crippen LogP contribution in [0.4, 0.5) is 13.2 Å². The highest BCUT2D eigenvalue weighted by molar-refractivity contribution is 7.89. The van der Waals surface area contributed by atoms with Crippen LogP contribution >= 0.6 is 0 Å². The Morgan fingerprint density at radius 2 is 1.80 bits per heavy atom. The molecule has 20 heavy (non-hydrogen) atoms. The number of carbonyl (C=O) groups is 1. The molecule has 0 bridgehead atoms. The maximum Gasteiger partial charge on any atom is 0.329 e. The summed E-state index contributed by atoms with van der Waals surface area (Å²) in [6.07, 6.45) is 0. The van der Waals surface area contributed by atoms with Crippen LogP contribution in [0, 0.1) is 17.5 Å². The first kappa shape index (κ1) is 16.4. The number of benzene rings is 1. The van der Waals surface area contributed by atoms with E-state index in [9.17, 15) is 26.4 Å². The highest BCUT2D eigenvalue weighted by atomic mass is 32.2. The van der Waals surface area contributed by atoms with Crippen molar-refractivity contribution in [3.8, 4) is 0 Å². The minimum absolute atomic E-state index is 0.235. The van der Waals surface area contributed by atoms with Crippen molar-refractivity contribution >= 4 is 16.0 Å². The highest BCUT2D eigenvalue weighted by Crippen LogP contribution is 2.19. The van der Waals surface area contributed by atoms with Gasteiger partial charge in [0.25, 0.3) is 0 Å². The summed E-state index contributed by atoms with van der Waals surface area (Å²) in [5.41, 5.74) is 0. The lowest BCUT2D eigenvalue weighted by atomic mass is 10.3. The third kappa shape index (κ3) is 4.47. The van der Waals surface area contributed by atoms with E-state index in [0.717, 1.165) is 0 Å². The Morgan fingerprint density at radius 3 is 2.30 bits per heavy atom. The summed E-state index contributed by atoms with van der Waals surface area (Å²) in [7, 11) is -4.53. The number of halogens is 3. The summed E-state index contributed by atoms with van der Waals surface area (Å²) < 4.78 is 68.7. The second-order valence-corrected chi connectivity index (χ2v) is 5.25. The van der Waals surface area contributed by atoms with E-state index < -0.39 is 51.5 Å². The Balaban J connectivity index is 2.73. The van der Waals surface area contributed by atoms with Gasteiger partial charge >= 0.3 is 5.97 Å². The van der Waals surface area contributed by atoms with Gasteiger partial charge in [0, 0.05) is 18.7 Å². The number of nitrogens with one attached hydrogen (secondary N) is 1. The topological polar surface area (TPSA) is 92.7 Å². The quantitative estimate of drug-likeness (QED) is 0.714. The van der Waals surface area contributed by atoms with Crippen LogP contribution in [0.1, 0.15) is 0 Å². The van der Waals surface area contributed by atoms with E-state index in [1.54, 1.807) is 4.72 Å².